The van der Waals surface area contributed by atoms with Gasteiger partial charge in [-0.1, -0.05) is 0 Å². The number of H-pyrrole nitrogens is 1. The Kier molecular flexibility index (Phi) is 7.25. The van der Waals surface area contributed by atoms with Crippen LogP contribution < -0.4 is 4.90 Å². The highest BCUT2D eigenvalue weighted by molar-refractivity contribution is 7.97. The summed E-state index contributed by atoms with van der Waals surface area (Å²) in [5.74, 6) is 2.83. The van der Waals surface area contributed by atoms with Gasteiger partial charge in [0, 0.05) is 84.8 Å². The topological polar surface area (TPSA) is 63.8 Å². The normalized spacial score (nSPS) is 19.6. The summed E-state index contributed by atoms with van der Waals surface area (Å²) in [5, 5.41) is 1.16. The number of anilines is 1. The highest BCUT2D eigenvalue weighted by atomic mass is 32.2. The summed E-state index contributed by atoms with van der Waals surface area (Å²) in [4.78, 5) is 24.1. The van der Waals surface area contributed by atoms with Gasteiger partial charge in [0.2, 0.25) is 0 Å². The highest BCUT2D eigenvalue weighted by Crippen LogP contribution is 2.38. The van der Waals surface area contributed by atoms with Crippen molar-refractivity contribution in [3.63, 3.8) is 0 Å². The molecular formula is C29H37N7OS2. The molecule has 206 valence electrons. The van der Waals surface area contributed by atoms with Crippen LogP contribution in [0.2, 0.25) is 0 Å². The third-order valence-corrected chi connectivity index (χ3v) is 9.86. The molecule has 0 radical (unpaired) electrons. The third kappa shape index (κ3) is 5.68. The minimum absolute atomic E-state index is 0.737. The third-order valence-electron chi connectivity index (χ3n) is 7.94. The summed E-state index contributed by atoms with van der Waals surface area (Å²) in [6.07, 6.45) is 4.88. The number of morpholine rings is 1. The predicted octanol–water partition coefficient (Wildman–Crippen LogP) is 4.77. The van der Waals surface area contributed by atoms with E-state index < -0.39 is 0 Å². The van der Waals surface area contributed by atoms with E-state index in [4.69, 9.17) is 14.7 Å². The Bertz CT molecular complexity index is 1450. The van der Waals surface area contributed by atoms with Gasteiger partial charge < -0.3 is 19.5 Å². The largest absolute Gasteiger partial charge is 0.378 e. The van der Waals surface area contributed by atoms with Crippen LogP contribution in [0.4, 0.5) is 5.82 Å². The molecule has 0 amide bonds. The molecule has 4 aromatic rings. The first kappa shape index (κ1) is 25.7. The lowest BCUT2D eigenvalue weighted by Gasteiger charge is -2.34. The molecule has 1 aromatic carbocycles. The average Bonchev–Trinajstić information content (AvgIpc) is 3.46. The van der Waals surface area contributed by atoms with Crippen LogP contribution >= 0.6 is 23.3 Å². The lowest BCUT2D eigenvalue weighted by molar-refractivity contribution is 0.122. The molecule has 0 bridgehead atoms. The first-order valence-corrected chi connectivity index (χ1v) is 15.7. The molecule has 1 N–H and O–H groups in total. The number of hydrogen-bond donors (Lipinski definition) is 1. The number of aromatic nitrogens is 3. The quantitative estimate of drug-likeness (QED) is 0.308. The second kappa shape index (κ2) is 11.0. The van der Waals surface area contributed by atoms with Crippen molar-refractivity contribution in [2.24, 2.45) is 5.92 Å². The molecule has 8 nitrogen and oxygen atoms in total. The molecule has 3 fully saturated rings. The summed E-state index contributed by atoms with van der Waals surface area (Å²) in [6, 6.07) is 8.90. The Balaban J connectivity index is 1.23. The molecule has 0 spiro atoms. The van der Waals surface area contributed by atoms with Crippen molar-refractivity contribution in [3.8, 4) is 11.4 Å². The number of benzene rings is 1. The Morgan fingerprint density at radius 2 is 1.82 bits per heavy atom. The predicted molar refractivity (Wildman–Crippen MR) is 162 cm³/mol. The van der Waals surface area contributed by atoms with E-state index in [0.29, 0.717) is 0 Å². The first-order chi connectivity index (χ1) is 19.1. The molecular weight excluding hydrogens is 527 g/mol. The molecule has 1 aliphatic carbocycles. The number of fused-ring (bicyclic) bond motifs is 2. The van der Waals surface area contributed by atoms with E-state index in [0.717, 1.165) is 85.5 Å². The van der Waals surface area contributed by atoms with Crippen LogP contribution in [0.5, 0.6) is 0 Å². The van der Waals surface area contributed by atoms with Gasteiger partial charge in [-0.3, -0.25) is 9.21 Å². The fourth-order valence-electron chi connectivity index (χ4n) is 5.76. The zero-order valence-electron chi connectivity index (χ0n) is 22.9. The number of ether oxygens (including phenoxy) is 1. The molecule has 10 heteroatoms. The van der Waals surface area contributed by atoms with Crippen molar-refractivity contribution in [1.29, 1.82) is 0 Å². The molecule has 3 aromatic heterocycles. The van der Waals surface area contributed by atoms with Crippen molar-refractivity contribution < 1.29 is 4.74 Å². The maximum atomic E-state index is 5.69. The molecule has 0 unspecified atom stereocenters. The molecule has 3 aliphatic rings. The Morgan fingerprint density at radius 3 is 2.59 bits per heavy atom. The van der Waals surface area contributed by atoms with Gasteiger partial charge in [-0.05, 0) is 69.1 Å². The molecule has 39 heavy (non-hydrogen) atoms. The van der Waals surface area contributed by atoms with Gasteiger partial charge >= 0.3 is 0 Å². The highest BCUT2D eigenvalue weighted by Gasteiger charge is 2.27. The van der Waals surface area contributed by atoms with Gasteiger partial charge in [0.15, 0.2) is 11.6 Å². The summed E-state index contributed by atoms with van der Waals surface area (Å²) in [5.41, 5.74) is 3.25. The van der Waals surface area contributed by atoms with Gasteiger partial charge in [-0.15, -0.1) is 11.3 Å². The van der Waals surface area contributed by atoms with Crippen LogP contribution in [0.1, 0.15) is 17.7 Å². The summed E-state index contributed by atoms with van der Waals surface area (Å²) >= 11 is 3.59. The van der Waals surface area contributed by atoms with Crippen molar-refractivity contribution in [1.82, 2.24) is 29.1 Å². The molecule has 0 atom stereocenters. The van der Waals surface area contributed by atoms with E-state index in [9.17, 15) is 0 Å². The second-order valence-electron chi connectivity index (χ2n) is 11.2. The Hall–Kier alpha value is -2.21. The van der Waals surface area contributed by atoms with Crippen LogP contribution in [0.3, 0.4) is 0 Å². The number of thiophene rings is 1. The maximum absolute atomic E-state index is 5.69. The monoisotopic (exact) mass is 563 g/mol. The summed E-state index contributed by atoms with van der Waals surface area (Å²) < 4.78 is 9.01. The average molecular weight is 564 g/mol. The minimum Gasteiger partial charge on any atom is -0.378 e. The van der Waals surface area contributed by atoms with Crippen LogP contribution in [-0.2, 0) is 11.3 Å². The standard InChI is InChI=1S/C29H37N7OS2/c1-33(2)39-21-15-24(23-5-6-30-25(23)16-21)28-31-26-17-22(19-35-9-7-34(8-10-35)18-20-3-4-20)38-27(26)29(32-28)36-11-13-37-14-12-36/h5-6,15-17,20,30H,3-4,7-14,18-19H2,1-2H3. The molecule has 1 saturated carbocycles. The number of hydrogen-bond acceptors (Lipinski definition) is 9. The van der Waals surface area contributed by atoms with Crippen LogP contribution in [0, 0.1) is 5.92 Å². The van der Waals surface area contributed by atoms with Crippen molar-refractivity contribution in [2.75, 3.05) is 78.0 Å². The van der Waals surface area contributed by atoms with E-state index in [-0.39, 0.29) is 0 Å². The molecule has 5 heterocycles. The van der Waals surface area contributed by atoms with Gasteiger partial charge in [-0.25, -0.2) is 9.97 Å². The zero-order valence-corrected chi connectivity index (χ0v) is 24.5. The Labute approximate surface area is 238 Å². The van der Waals surface area contributed by atoms with Crippen LogP contribution in [0.25, 0.3) is 32.5 Å². The van der Waals surface area contributed by atoms with E-state index in [1.54, 1.807) is 11.9 Å². The SMILES string of the molecule is CN(C)Sc1cc(-c2nc(N3CCOCC3)c3sc(CN4CCN(CC5CC5)CC4)cc3n2)c2cc[nH]c2c1. The van der Waals surface area contributed by atoms with Crippen molar-refractivity contribution >= 4 is 50.2 Å². The van der Waals surface area contributed by atoms with E-state index >= 15 is 0 Å². The number of piperazine rings is 1. The van der Waals surface area contributed by atoms with E-state index in [1.807, 2.05) is 17.5 Å². The zero-order chi connectivity index (χ0) is 26.3. The number of nitrogens with one attached hydrogen (secondary N) is 1. The molecule has 2 aliphatic heterocycles. The number of rotatable bonds is 8. The summed E-state index contributed by atoms with van der Waals surface area (Å²) in [6.45, 7) is 10.2. The Morgan fingerprint density at radius 1 is 1.03 bits per heavy atom. The fraction of sp³-hybridized carbons (Fsp3) is 0.517. The van der Waals surface area contributed by atoms with Crippen molar-refractivity contribution in [2.45, 2.75) is 24.3 Å². The van der Waals surface area contributed by atoms with E-state index in [2.05, 4.69) is 62.3 Å². The van der Waals surface area contributed by atoms with Gasteiger partial charge in [0.25, 0.3) is 0 Å². The number of aromatic amines is 1. The van der Waals surface area contributed by atoms with Gasteiger partial charge in [0.1, 0.15) is 0 Å². The van der Waals surface area contributed by atoms with Crippen LogP contribution in [0.15, 0.2) is 35.4 Å². The second-order valence-corrected chi connectivity index (χ2v) is 13.8. The van der Waals surface area contributed by atoms with Gasteiger partial charge in [-0.2, -0.15) is 0 Å². The van der Waals surface area contributed by atoms with Gasteiger partial charge in [0.05, 0.1) is 23.4 Å². The molecule has 2 saturated heterocycles. The maximum Gasteiger partial charge on any atom is 0.162 e. The minimum atomic E-state index is 0.737. The van der Waals surface area contributed by atoms with E-state index in [1.165, 1.54) is 46.9 Å². The fourth-order valence-corrected chi connectivity index (χ4v) is 7.67. The first-order valence-electron chi connectivity index (χ1n) is 14.1. The lowest BCUT2D eigenvalue weighted by Crippen LogP contribution is -2.46. The van der Waals surface area contributed by atoms with Crippen LogP contribution in [-0.4, -0.2) is 102 Å². The molecule has 7 rings (SSSR count). The van der Waals surface area contributed by atoms with Crippen molar-refractivity contribution in [3.05, 3.63) is 35.3 Å². The number of nitrogens with zero attached hydrogens (tertiary/aromatic N) is 6. The summed E-state index contributed by atoms with van der Waals surface area (Å²) in [7, 11) is 4.14. The lowest BCUT2D eigenvalue weighted by atomic mass is 10.1. The smallest absolute Gasteiger partial charge is 0.162 e.